The molecule has 1 amide bonds. The quantitative estimate of drug-likeness (QED) is 0.580. The largest absolute Gasteiger partial charge is 0.417 e. The van der Waals surface area contributed by atoms with Gasteiger partial charge in [-0.25, -0.2) is 0 Å². The minimum absolute atomic E-state index is 0.0723. The number of benzene rings is 1. The number of carbonyl (C=O) groups is 1. The van der Waals surface area contributed by atoms with E-state index in [0.717, 1.165) is 12.1 Å². The first kappa shape index (κ1) is 23.4. The Bertz CT molecular complexity index is 851. The van der Waals surface area contributed by atoms with E-state index >= 15 is 0 Å². The van der Waals surface area contributed by atoms with Crippen LogP contribution in [0.2, 0.25) is 18.1 Å². The third-order valence-electron chi connectivity index (χ3n) is 6.26. The Morgan fingerprint density at radius 1 is 1.21 bits per heavy atom. The summed E-state index contributed by atoms with van der Waals surface area (Å²) in [5.41, 5.74) is -2.26. The molecule has 2 rings (SSSR count). The third-order valence-corrected chi connectivity index (χ3v) is 10.7. The van der Waals surface area contributed by atoms with Crippen LogP contribution in [0.15, 0.2) is 18.2 Å². The molecule has 4 nitrogen and oxygen atoms in total. The van der Waals surface area contributed by atoms with Crippen LogP contribution in [0.1, 0.15) is 52.7 Å². The summed E-state index contributed by atoms with van der Waals surface area (Å²) in [7, 11) is -2.22. The Hall–Kier alpha value is -1.85. The number of rotatable bonds is 3. The van der Waals surface area contributed by atoms with Crippen LogP contribution in [-0.4, -0.2) is 26.4 Å². The van der Waals surface area contributed by atoms with Gasteiger partial charge in [-0.05, 0) is 57.1 Å². The van der Waals surface area contributed by atoms with Crippen molar-refractivity contribution in [1.29, 1.82) is 5.26 Å². The lowest BCUT2D eigenvalue weighted by atomic mass is 9.87. The van der Waals surface area contributed by atoms with Gasteiger partial charge in [0.2, 0.25) is 5.91 Å². The van der Waals surface area contributed by atoms with Crippen LogP contribution >= 0.6 is 0 Å². The summed E-state index contributed by atoms with van der Waals surface area (Å²) in [6.45, 7) is 15.8. The van der Waals surface area contributed by atoms with E-state index in [4.69, 9.17) is 9.69 Å². The number of halogens is 3. The molecule has 1 aliphatic heterocycles. The molecule has 1 heterocycles. The maximum absolute atomic E-state index is 13.4. The fourth-order valence-corrected chi connectivity index (χ4v) is 4.94. The van der Waals surface area contributed by atoms with E-state index in [1.807, 2.05) is 0 Å². The molecule has 29 heavy (non-hydrogen) atoms. The monoisotopic (exact) mass is 426 g/mol. The molecule has 0 spiro atoms. The van der Waals surface area contributed by atoms with Crippen molar-refractivity contribution in [2.45, 2.75) is 78.0 Å². The van der Waals surface area contributed by atoms with Crippen LogP contribution < -0.4 is 4.90 Å². The molecule has 8 heteroatoms. The first-order valence-electron chi connectivity index (χ1n) is 9.58. The van der Waals surface area contributed by atoms with Crippen LogP contribution in [0, 0.1) is 16.7 Å². The Morgan fingerprint density at radius 2 is 1.76 bits per heavy atom. The number of hydrogen-bond donors (Lipinski definition) is 0. The maximum atomic E-state index is 13.4. The lowest BCUT2D eigenvalue weighted by molar-refractivity contribution is -0.137. The predicted octanol–water partition coefficient (Wildman–Crippen LogP) is 5.73. The van der Waals surface area contributed by atoms with E-state index < -0.39 is 43.2 Å². The average molecular weight is 427 g/mol. The van der Waals surface area contributed by atoms with Gasteiger partial charge >= 0.3 is 6.18 Å². The minimum atomic E-state index is -4.68. The van der Waals surface area contributed by atoms with Crippen molar-refractivity contribution < 1.29 is 22.4 Å². The summed E-state index contributed by atoms with van der Waals surface area (Å²) in [5.74, 6) is -0.286. The van der Waals surface area contributed by atoms with Crippen molar-refractivity contribution in [3.05, 3.63) is 29.3 Å². The molecule has 0 saturated carbocycles. The number of anilines is 1. The summed E-state index contributed by atoms with van der Waals surface area (Å²) in [6, 6.07) is 4.53. The topological polar surface area (TPSA) is 53.3 Å². The maximum Gasteiger partial charge on any atom is 0.417 e. The molecule has 0 aliphatic carbocycles. The van der Waals surface area contributed by atoms with Crippen LogP contribution in [0.25, 0.3) is 0 Å². The molecule has 0 aromatic heterocycles. The Kier molecular flexibility index (Phi) is 5.76. The van der Waals surface area contributed by atoms with Gasteiger partial charge in [0, 0.05) is 5.69 Å². The van der Waals surface area contributed by atoms with Gasteiger partial charge in [0.25, 0.3) is 0 Å². The van der Waals surface area contributed by atoms with Crippen LogP contribution in [0.4, 0.5) is 18.9 Å². The Morgan fingerprint density at radius 3 is 2.21 bits per heavy atom. The van der Waals surface area contributed by atoms with Crippen molar-refractivity contribution in [3.63, 3.8) is 0 Å². The zero-order chi connectivity index (χ0) is 22.6. The van der Waals surface area contributed by atoms with Crippen LogP contribution in [-0.2, 0) is 15.4 Å². The molecular weight excluding hydrogens is 397 g/mol. The summed E-state index contributed by atoms with van der Waals surface area (Å²) >= 11 is 0. The molecule has 0 radical (unpaired) electrons. The predicted molar refractivity (Wildman–Crippen MR) is 109 cm³/mol. The SMILES string of the molecule is C[C@H]1[C@H](O[Si](C)(C)C(C)(C)C)C(C)(C)C(=O)N1c1ccc(C#N)c(C(F)(F)F)c1. The van der Waals surface area contributed by atoms with Crippen molar-refractivity contribution >= 4 is 19.9 Å². The lowest BCUT2D eigenvalue weighted by Crippen LogP contribution is -2.49. The second-order valence-corrected chi connectivity index (χ2v) is 14.5. The number of amides is 1. The van der Waals surface area contributed by atoms with E-state index in [1.54, 1.807) is 26.8 Å². The van der Waals surface area contributed by atoms with E-state index in [9.17, 15) is 18.0 Å². The first-order valence-corrected chi connectivity index (χ1v) is 12.5. The van der Waals surface area contributed by atoms with Gasteiger partial charge in [0.1, 0.15) is 0 Å². The Balaban J connectivity index is 2.52. The van der Waals surface area contributed by atoms with Crippen LogP contribution in [0.5, 0.6) is 0 Å². The van der Waals surface area contributed by atoms with E-state index in [0.29, 0.717) is 0 Å². The van der Waals surface area contributed by atoms with Gasteiger partial charge in [-0.3, -0.25) is 4.79 Å². The van der Waals surface area contributed by atoms with E-state index in [2.05, 4.69) is 33.9 Å². The molecule has 0 N–H and O–H groups in total. The summed E-state index contributed by atoms with van der Waals surface area (Å²) in [5, 5.41) is 8.95. The Labute approximate surface area is 171 Å². The average Bonchev–Trinajstić information content (AvgIpc) is 2.72. The summed E-state index contributed by atoms with van der Waals surface area (Å²) < 4.78 is 46.8. The van der Waals surface area contributed by atoms with Crippen molar-refractivity contribution in [2.24, 2.45) is 5.41 Å². The third kappa shape index (κ3) is 4.08. The zero-order valence-electron chi connectivity index (χ0n) is 18.2. The molecule has 1 saturated heterocycles. The number of carbonyl (C=O) groups excluding carboxylic acids is 1. The molecule has 1 aromatic carbocycles. The molecule has 1 fully saturated rings. The number of hydrogen-bond acceptors (Lipinski definition) is 3. The highest BCUT2D eigenvalue weighted by atomic mass is 28.4. The molecule has 1 aliphatic rings. The second-order valence-electron chi connectivity index (χ2n) is 9.78. The van der Waals surface area contributed by atoms with E-state index in [1.165, 1.54) is 11.0 Å². The van der Waals surface area contributed by atoms with Crippen molar-refractivity contribution in [3.8, 4) is 6.07 Å². The van der Waals surface area contributed by atoms with Gasteiger partial charge < -0.3 is 9.33 Å². The standard InChI is InChI=1S/C21H29F3N2O2Si/c1-13-17(28-29(7,8)19(2,3)4)20(5,6)18(27)26(13)15-10-9-14(12-25)16(11-15)21(22,23)24/h9-11,13,17H,1-8H3/t13-,17-/m0/s1. The van der Waals surface area contributed by atoms with Crippen molar-refractivity contribution in [2.75, 3.05) is 4.90 Å². The van der Waals surface area contributed by atoms with Gasteiger partial charge in [-0.15, -0.1) is 0 Å². The first-order chi connectivity index (χ1) is 12.9. The minimum Gasteiger partial charge on any atom is -0.411 e. The van der Waals surface area contributed by atoms with Crippen molar-refractivity contribution in [1.82, 2.24) is 0 Å². The molecular formula is C21H29F3N2O2Si. The number of nitrogens with zero attached hydrogens (tertiary/aromatic N) is 2. The van der Waals surface area contributed by atoms with Gasteiger partial charge in [0.15, 0.2) is 8.32 Å². The smallest absolute Gasteiger partial charge is 0.411 e. The lowest BCUT2D eigenvalue weighted by Gasteiger charge is -2.42. The number of nitriles is 1. The fraction of sp³-hybridized carbons (Fsp3) is 0.619. The summed E-state index contributed by atoms with van der Waals surface area (Å²) in [6.07, 6.45) is -5.14. The van der Waals surface area contributed by atoms with Crippen LogP contribution in [0.3, 0.4) is 0 Å². The number of alkyl halides is 3. The van der Waals surface area contributed by atoms with Gasteiger partial charge in [0.05, 0.1) is 34.8 Å². The zero-order valence-corrected chi connectivity index (χ0v) is 19.2. The van der Waals surface area contributed by atoms with Gasteiger partial charge in [-0.2, -0.15) is 18.4 Å². The molecule has 0 bridgehead atoms. The molecule has 2 atom stereocenters. The fourth-order valence-electron chi connectivity index (χ4n) is 3.46. The molecule has 1 aromatic rings. The van der Waals surface area contributed by atoms with Gasteiger partial charge in [-0.1, -0.05) is 20.8 Å². The highest BCUT2D eigenvalue weighted by molar-refractivity contribution is 6.74. The van der Waals surface area contributed by atoms with E-state index in [-0.39, 0.29) is 16.6 Å². The molecule has 0 unspecified atom stereocenters. The molecule has 160 valence electrons. The second kappa shape index (κ2) is 7.13. The highest BCUT2D eigenvalue weighted by Crippen LogP contribution is 2.46. The summed E-state index contributed by atoms with van der Waals surface area (Å²) in [4.78, 5) is 14.6. The normalized spacial score (nSPS) is 22.7. The highest BCUT2D eigenvalue weighted by Gasteiger charge is 2.56.